The number of nitrogens with one attached hydrogen (secondary N) is 1. The van der Waals surface area contributed by atoms with Crippen LogP contribution in [0.25, 0.3) is 0 Å². The predicted molar refractivity (Wildman–Crippen MR) is 78.9 cm³/mol. The predicted octanol–water partition coefficient (Wildman–Crippen LogP) is 3.28. The highest BCUT2D eigenvalue weighted by atomic mass is 15.2. The number of hydrogen-bond acceptors (Lipinski definition) is 2. The molecule has 1 saturated heterocycles. The van der Waals surface area contributed by atoms with Gasteiger partial charge >= 0.3 is 0 Å². The van der Waals surface area contributed by atoms with E-state index >= 15 is 0 Å². The number of hydrogen-bond donors (Lipinski definition) is 1. The third-order valence-corrected chi connectivity index (χ3v) is 4.78. The monoisotopic (exact) mass is 252 g/mol. The normalized spacial score (nSPS) is 28.3. The van der Waals surface area contributed by atoms with Crippen molar-refractivity contribution in [1.82, 2.24) is 10.2 Å². The van der Waals surface area contributed by atoms with Gasteiger partial charge in [-0.15, -0.1) is 0 Å². The van der Waals surface area contributed by atoms with Crippen LogP contribution in [0.5, 0.6) is 0 Å². The van der Waals surface area contributed by atoms with E-state index in [1.807, 2.05) is 0 Å². The highest BCUT2D eigenvalue weighted by Gasteiger charge is 2.33. The minimum Gasteiger partial charge on any atom is -0.314 e. The molecule has 106 valence electrons. The average molecular weight is 252 g/mol. The zero-order valence-corrected chi connectivity index (χ0v) is 12.6. The first kappa shape index (κ1) is 14.3. The summed E-state index contributed by atoms with van der Waals surface area (Å²) in [6.45, 7) is 10.7. The quantitative estimate of drug-likeness (QED) is 0.780. The van der Waals surface area contributed by atoms with E-state index in [0.717, 1.165) is 17.9 Å². The van der Waals surface area contributed by atoms with Crippen molar-refractivity contribution < 1.29 is 0 Å². The fraction of sp³-hybridized carbons (Fsp3) is 1.00. The van der Waals surface area contributed by atoms with Crippen LogP contribution in [0.4, 0.5) is 0 Å². The summed E-state index contributed by atoms with van der Waals surface area (Å²) in [5.41, 5.74) is 0. The molecule has 2 fully saturated rings. The van der Waals surface area contributed by atoms with Gasteiger partial charge in [0.1, 0.15) is 0 Å². The van der Waals surface area contributed by atoms with Crippen LogP contribution in [-0.4, -0.2) is 36.6 Å². The molecule has 0 bridgehead atoms. The molecule has 1 aliphatic heterocycles. The maximum atomic E-state index is 3.58. The number of likely N-dealkylation sites (tertiary alicyclic amines) is 1. The fourth-order valence-electron chi connectivity index (χ4n) is 3.86. The summed E-state index contributed by atoms with van der Waals surface area (Å²) in [6.07, 6.45) is 8.87. The lowest BCUT2D eigenvalue weighted by atomic mass is 9.95. The van der Waals surface area contributed by atoms with Crippen LogP contribution < -0.4 is 5.32 Å². The molecule has 2 unspecified atom stereocenters. The summed E-state index contributed by atoms with van der Waals surface area (Å²) in [4.78, 5) is 2.81. The molecule has 0 radical (unpaired) electrons. The molecule has 1 aliphatic carbocycles. The molecule has 0 aromatic carbocycles. The van der Waals surface area contributed by atoms with Gasteiger partial charge in [0.25, 0.3) is 0 Å². The van der Waals surface area contributed by atoms with Crippen LogP contribution in [0.2, 0.25) is 0 Å². The van der Waals surface area contributed by atoms with Gasteiger partial charge in [-0.2, -0.15) is 0 Å². The molecule has 1 N–H and O–H groups in total. The second-order valence-corrected chi connectivity index (χ2v) is 6.92. The van der Waals surface area contributed by atoms with Crippen LogP contribution in [0.15, 0.2) is 0 Å². The van der Waals surface area contributed by atoms with Crippen molar-refractivity contribution in [2.75, 3.05) is 19.6 Å². The zero-order valence-electron chi connectivity index (χ0n) is 12.6. The summed E-state index contributed by atoms with van der Waals surface area (Å²) in [5, 5.41) is 3.58. The molecule has 0 aromatic heterocycles. The van der Waals surface area contributed by atoms with E-state index < -0.39 is 0 Å². The van der Waals surface area contributed by atoms with Crippen molar-refractivity contribution in [2.24, 2.45) is 11.8 Å². The Hall–Kier alpha value is -0.0800. The molecule has 2 heteroatoms. The molecule has 2 aliphatic rings. The Morgan fingerprint density at radius 3 is 2.44 bits per heavy atom. The van der Waals surface area contributed by atoms with Crippen molar-refractivity contribution in [3.05, 3.63) is 0 Å². The first-order valence-corrected chi connectivity index (χ1v) is 8.14. The Morgan fingerprint density at radius 1 is 1.06 bits per heavy atom. The molecule has 1 saturated carbocycles. The van der Waals surface area contributed by atoms with Crippen molar-refractivity contribution in [3.63, 3.8) is 0 Å². The fourth-order valence-corrected chi connectivity index (χ4v) is 3.86. The highest BCUT2D eigenvalue weighted by molar-refractivity contribution is 4.88. The molecule has 2 atom stereocenters. The van der Waals surface area contributed by atoms with E-state index in [9.17, 15) is 0 Å². The van der Waals surface area contributed by atoms with E-state index in [2.05, 4.69) is 31.0 Å². The first-order valence-electron chi connectivity index (χ1n) is 8.14. The lowest BCUT2D eigenvalue weighted by Gasteiger charge is -2.31. The zero-order chi connectivity index (χ0) is 13.0. The molecule has 18 heavy (non-hydrogen) atoms. The summed E-state index contributed by atoms with van der Waals surface area (Å²) in [5.74, 6) is 1.81. The molecular weight excluding hydrogens is 220 g/mol. The first-order chi connectivity index (χ1) is 8.66. The summed E-state index contributed by atoms with van der Waals surface area (Å²) >= 11 is 0. The van der Waals surface area contributed by atoms with Gasteiger partial charge < -0.3 is 5.32 Å². The average Bonchev–Trinajstić information content (AvgIpc) is 2.95. The van der Waals surface area contributed by atoms with Gasteiger partial charge in [-0.25, -0.2) is 0 Å². The lowest BCUT2D eigenvalue weighted by molar-refractivity contribution is 0.167. The standard InChI is InChI=1S/C16H32N2/c1-13(2)17-11-14(3)12-18-10-6-9-16(18)15-7-4-5-8-15/h13-17H,4-12H2,1-3H3. The van der Waals surface area contributed by atoms with E-state index in [4.69, 9.17) is 0 Å². The Bertz CT molecular complexity index is 233. The SMILES string of the molecule is CC(CNC(C)C)CN1CCCC1C1CCCC1. The number of rotatable bonds is 6. The van der Waals surface area contributed by atoms with Crippen molar-refractivity contribution in [2.45, 2.75) is 71.4 Å². The molecule has 2 nitrogen and oxygen atoms in total. The highest BCUT2D eigenvalue weighted by Crippen LogP contribution is 2.35. The number of nitrogens with zero attached hydrogens (tertiary/aromatic N) is 1. The van der Waals surface area contributed by atoms with Gasteiger partial charge in [0.2, 0.25) is 0 Å². The maximum absolute atomic E-state index is 3.58. The second kappa shape index (κ2) is 6.91. The summed E-state index contributed by atoms with van der Waals surface area (Å²) < 4.78 is 0. The summed E-state index contributed by atoms with van der Waals surface area (Å²) in [6, 6.07) is 1.55. The van der Waals surface area contributed by atoms with Crippen molar-refractivity contribution >= 4 is 0 Å². The Labute approximate surface area is 114 Å². The molecule has 0 aromatic rings. The topological polar surface area (TPSA) is 15.3 Å². The second-order valence-electron chi connectivity index (χ2n) is 6.92. The van der Waals surface area contributed by atoms with Gasteiger partial charge in [0, 0.05) is 18.6 Å². The Morgan fingerprint density at radius 2 is 1.78 bits per heavy atom. The molecule has 1 heterocycles. The van der Waals surface area contributed by atoms with Gasteiger partial charge in [0.15, 0.2) is 0 Å². The Balaban J connectivity index is 1.76. The minimum absolute atomic E-state index is 0.622. The molecule has 0 amide bonds. The van der Waals surface area contributed by atoms with Crippen molar-refractivity contribution in [1.29, 1.82) is 0 Å². The van der Waals surface area contributed by atoms with Gasteiger partial charge in [-0.3, -0.25) is 4.90 Å². The van der Waals surface area contributed by atoms with Crippen LogP contribution in [-0.2, 0) is 0 Å². The maximum Gasteiger partial charge on any atom is 0.0124 e. The van der Waals surface area contributed by atoms with E-state index in [1.54, 1.807) is 0 Å². The Kier molecular flexibility index (Phi) is 5.50. The third kappa shape index (κ3) is 3.96. The van der Waals surface area contributed by atoms with E-state index in [1.165, 1.54) is 58.2 Å². The molecule has 2 rings (SSSR count). The molecular formula is C16H32N2. The van der Waals surface area contributed by atoms with Crippen LogP contribution >= 0.6 is 0 Å². The van der Waals surface area contributed by atoms with E-state index in [0.29, 0.717) is 6.04 Å². The minimum atomic E-state index is 0.622. The summed E-state index contributed by atoms with van der Waals surface area (Å²) in [7, 11) is 0. The van der Waals surface area contributed by atoms with Gasteiger partial charge in [0.05, 0.1) is 0 Å². The van der Waals surface area contributed by atoms with Crippen LogP contribution in [0.1, 0.15) is 59.3 Å². The van der Waals surface area contributed by atoms with E-state index in [-0.39, 0.29) is 0 Å². The third-order valence-electron chi connectivity index (χ3n) is 4.78. The lowest BCUT2D eigenvalue weighted by Crippen LogP contribution is -2.40. The van der Waals surface area contributed by atoms with Gasteiger partial charge in [-0.05, 0) is 50.6 Å². The van der Waals surface area contributed by atoms with Gasteiger partial charge in [-0.1, -0.05) is 33.6 Å². The van der Waals surface area contributed by atoms with Crippen LogP contribution in [0.3, 0.4) is 0 Å². The van der Waals surface area contributed by atoms with Crippen LogP contribution in [0, 0.1) is 11.8 Å². The van der Waals surface area contributed by atoms with Crippen molar-refractivity contribution in [3.8, 4) is 0 Å². The smallest absolute Gasteiger partial charge is 0.0124 e. The largest absolute Gasteiger partial charge is 0.314 e. The molecule has 0 spiro atoms.